The van der Waals surface area contributed by atoms with Crippen LogP contribution in [0, 0.1) is 0 Å². The number of aromatic nitrogens is 4. The fraction of sp³-hybridized carbons (Fsp3) is 0.243. The predicted octanol–water partition coefficient (Wildman–Crippen LogP) is 9.94. The number of benzene rings is 4. The van der Waals surface area contributed by atoms with Gasteiger partial charge in [-0.05, 0) is 48.9 Å². The highest BCUT2D eigenvalue weighted by atomic mass is 32.2. The minimum absolute atomic E-state index is 0.0170. The Labute approximate surface area is 288 Å². The number of thiazole rings is 1. The van der Waals surface area contributed by atoms with Crippen LogP contribution in [0.5, 0.6) is 11.5 Å². The maximum absolute atomic E-state index is 11.7. The van der Waals surface area contributed by atoms with Crippen LogP contribution < -0.4 is 15.5 Å². The number of nitrogens with zero attached hydrogens (tertiary/aromatic N) is 5. The summed E-state index contributed by atoms with van der Waals surface area (Å²) in [5, 5.41) is 29.5. The van der Waals surface area contributed by atoms with Crippen LogP contribution in [0.2, 0.25) is 0 Å². The summed E-state index contributed by atoms with van der Waals surface area (Å²) in [5.74, 6) is 2.02. The molecule has 0 fully saturated rings. The molecule has 4 N–H and O–H groups in total. The summed E-state index contributed by atoms with van der Waals surface area (Å²) in [6.45, 7) is 3.16. The number of phenolic OH excluding ortho intramolecular Hbond substituents is 2. The molecule has 48 heavy (non-hydrogen) atoms. The van der Waals surface area contributed by atoms with Crippen molar-refractivity contribution >= 4 is 62.3 Å². The summed E-state index contributed by atoms with van der Waals surface area (Å²) >= 11 is 3.23. The van der Waals surface area contributed by atoms with Gasteiger partial charge in [0.2, 0.25) is 11.9 Å². The van der Waals surface area contributed by atoms with E-state index in [-0.39, 0.29) is 17.4 Å². The Balaban J connectivity index is 1.21. The Kier molecular flexibility index (Phi) is 9.57. The second-order valence-corrected chi connectivity index (χ2v) is 13.6. The molecule has 0 saturated carbocycles. The van der Waals surface area contributed by atoms with Gasteiger partial charge in [0, 0.05) is 33.9 Å². The van der Waals surface area contributed by atoms with E-state index in [1.807, 2.05) is 66.7 Å². The Morgan fingerprint density at radius 2 is 1.48 bits per heavy atom. The summed E-state index contributed by atoms with van der Waals surface area (Å²) in [5.41, 5.74) is 6.65. The van der Waals surface area contributed by atoms with Crippen LogP contribution >= 0.6 is 23.1 Å². The highest BCUT2D eigenvalue weighted by Crippen LogP contribution is 2.50. The van der Waals surface area contributed by atoms with Crippen LogP contribution in [-0.4, -0.2) is 42.6 Å². The van der Waals surface area contributed by atoms with Crippen LogP contribution in [0.3, 0.4) is 0 Å². The van der Waals surface area contributed by atoms with Gasteiger partial charge < -0.3 is 25.7 Å². The van der Waals surface area contributed by atoms with Gasteiger partial charge in [-0.3, -0.25) is 0 Å². The quantitative estimate of drug-likeness (QED) is 0.0881. The molecule has 0 amide bonds. The number of phenols is 2. The van der Waals surface area contributed by atoms with Gasteiger partial charge >= 0.3 is 0 Å². The molecule has 4 aromatic carbocycles. The Hall–Kier alpha value is -4.87. The van der Waals surface area contributed by atoms with E-state index >= 15 is 0 Å². The zero-order chi connectivity index (χ0) is 32.9. The lowest BCUT2D eigenvalue weighted by atomic mass is 10.0. The molecular formula is C37H37N7O2S2. The van der Waals surface area contributed by atoms with Gasteiger partial charge in [0.05, 0.1) is 27.3 Å². The third kappa shape index (κ3) is 6.74. The van der Waals surface area contributed by atoms with Crippen molar-refractivity contribution in [1.82, 2.24) is 19.9 Å². The number of nitrogens with one attached hydrogen (secondary N) is 2. The fourth-order valence-corrected chi connectivity index (χ4v) is 7.73. The van der Waals surface area contributed by atoms with Crippen molar-refractivity contribution in [3.05, 3.63) is 84.4 Å². The number of anilines is 5. The van der Waals surface area contributed by atoms with Crippen LogP contribution in [0.4, 0.5) is 29.0 Å². The zero-order valence-corrected chi connectivity index (χ0v) is 28.3. The van der Waals surface area contributed by atoms with E-state index in [4.69, 9.17) is 9.97 Å². The van der Waals surface area contributed by atoms with Gasteiger partial charge in [0.15, 0.2) is 11.6 Å². The minimum atomic E-state index is 0.0170. The van der Waals surface area contributed by atoms with E-state index in [1.54, 1.807) is 23.3 Å². The van der Waals surface area contributed by atoms with Crippen molar-refractivity contribution < 1.29 is 10.2 Å². The molecule has 1 aliphatic rings. The number of para-hydroxylation sites is 2. The van der Waals surface area contributed by atoms with Crippen molar-refractivity contribution in [3.63, 3.8) is 0 Å². The molecule has 0 radical (unpaired) electrons. The van der Waals surface area contributed by atoms with E-state index in [0.717, 1.165) is 56.6 Å². The van der Waals surface area contributed by atoms with Crippen molar-refractivity contribution in [2.24, 2.45) is 0 Å². The maximum Gasteiger partial charge on any atom is 0.232 e. The number of rotatable bonds is 13. The second kappa shape index (κ2) is 14.5. The highest BCUT2D eigenvalue weighted by molar-refractivity contribution is 7.99. The van der Waals surface area contributed by atoms with E-state index in [9.17, 15) is 10.2 Å². The van der Waals surface area contributed by atoms with E-state index in [0.29, 0.717) is 22.9 Å². The van der Waals surface area contributed by atoms with E-state index in [2.05, 4.69) is 38.5 Å². The van der Waals surface area contributed by atoms with Gasteiger partial charge in [-0.15, -0.1) is 23.1 Å². The van der Waals surface area contributed by atoms with Crippen molar-refractivity contribution in [2.75, 3.05) is 28.0 Å². The first-order valence-electron chi connectivity index (χ1n) is 16.3. The Morgan fingerprint density at radius 3 is 2.33 bits per heavy atom. The Morgan fingerprint density at radius 1 is 0.729 bits per heavy atom. The minimum Gasteiger partial charge on any atom is -0.505 e. The number of hydrogen-bond acceptors (Lipinski definition) is 11. The first-order valence-corrected chi connectivity index (χ1v) is 18.2. The van der Waals surface area contributed by atoms with Crippen LogP contribution in [-0.2, 0) is 0 Å². The monoisotopic (exact) mass is 675 g/mol. The normalized spacial score (nSPS) is 12.4. The molecule has 0 atom stereocenters. The fourth-order valence-electron chi connectivity index (χ4n) is 5.98. The molecule has 9 nitrogen and oxygen atoms in total. The van der Waals surface area contributed by atoms with Gasteiger partial charge in [0.1, 0.15) is 11.3 Å². The smallest absolute Gasteiger partial charge is 0.232 e. The number of thioether (sulfide) groups is 1. The van der Waals surface area contributed by atoms with Crippen LogP contribution in [0.25, 0.3) is 32.7 Å². The van der Waals surface area contributed by atoms with Gasteiger partial charge in [-0.25, -0.2) is 4.98 Å². The summed E-state index contributed by atoms with van der Waals surface area (Å²) in [6.07, 6.45) is 7.40. The SMILES string of the molecule is CCCCCCCCN1CSc2ccc(-c3ccccc3Nc3nc(Nc4ccccc4)nc(-c4ccc5scnc5c4O)n3)c(O)c21. The van der Waals surface area contributed by atoms with Crippen molar-refractivity contribution in [1.29, 1.82) is 0 Å². The van der Waals surface area contributed by atoms with E-state index < -0.39 is 0 Å². The first-order chi connectivity index (χ1) is 23.6. The molecule has 0 bridgehead atoms. The lowest BCUT2D eigenvalue weighted by molar-refractivity contribution is 0.475. The third-order valence-electron chi connectivity index (χ3n) is 8.43. The molecule has 0 spiro atoms. The average molecular weight is 676 g/mol. The molecule has 2 aromatic heterocycles. The molecule has 7 rings (SSSR count). The topological polar surface area (TPSA) is 119 Å². The van der Waals surface area contributed by atoms with Gasteiger partial charge in [0.25, 0.3) is 0 Å². The standard InChI is InChI=1S/C37H37N7O2S2/c1-2-3-4-5-6-12-21-44-23-48-30-20-17-26(34(46)32(30)44)25-15-10-11-16-28(25)40-37-42-35(27-18-19-29-31(33(27)45)38-22-47-29)41-36(43-37)39-24-13-8-7-9-14-24/h7-11,13-20,22,45-46H,2-6,12,21,23H2,1H3,(H2,39,40,41,42,43). The Bertz CT molecular complexity index is 2040. The first kappa shape index (κ1) is 31.7. The number of aromatic hydroxyl groups is 2. The molecule has 3 heterocycles. The van der Waals surface area contributed by atoms with E-state index in [1.165, 1.54) is 43.4 Å². The zero-order valence-electron chi connectivity index (χ0n) is 26.7. The summed E-state index contributed by atoms with van der Waals surface area (Å²) in [7, 11) is 0. The summed E-state index contributed by atoms with van der Waals surface area (Å²) < 4.78 is 0.873. The van der Waals surface area contributed by atoms with Gasteiger partial charge in [-0.2, -0.15) is 15.0 Å². The molecule has 1 aliphatic heterocycles. The molecule has 11 heteroatoms. The lowest BCUT2D eigenvalue weighted by Crippen LogP contribution is -2.20. The maximum atomic E-state index is 11.7. The van der Waals surface area contributed by atoms with Crippen molar-refractivity contribution in [3.8, 4) is 34.0 Å². The largest absolute Gasteiger partial charge is 0.505 e. The molecule has 6 aromatic rings. The lowest BCUT2D eigenvalue weighted by Gasteiger charge is -2.21. The molecular weight excluding hydrogens is 639 g/mol. The molecule has 244 valence electrons. The van der Waals surface area contributed by atoms with Crippen molar-refractivity contribution in [2.45, 2.75) is 50.3 Å². The van der Waals surface area contributed by atoms with Crippen LogP contribution in [0.1, 0.15) is 45.4 Å². The molecule has 0 unspecified atom stereocenters. The number of unbranched alkanes of at least 4 members (excludes halogenated alkanes) is 5. The molecule has 0 aliphatic carbocycles. The molecule has 0 saturated heterocycles. The number of hydrogen-bond donors (Lipinski definition) is 4. The third-order valence-corrected chi connectivity index (χ3v) is 10.3. The second-order valence-electron chi connectivity index (χ2n) is 11.7. The number of fused-ring (bicyclic) bond motifs is 2. The van der Waals surface area contributed by atoms with Crippen LogP contribution in [0.15, 0.2) is 89.3 Å². The predicted molar refractivity (Wildman–Crippen MR) is 198 cm³/mol. The highest BCUT2D eigenvalue weighted by Gasteiger charge is 2.26. The summed E-state index contributed by atoms with van der Waals surface area (Å²) in [6, 6.07) is 25.3. The average Bonchev–Trinajstić information content (AvgIpc) is 3.76. The van der Waals surface area contributed by atoms with Gasteiger partial charge in [-0.1, -0.05) is 75.4 Å². The summed E-state index contributed by atoms with van der Waals surface area (Å²) in [4.78, 5) is 21.9.